The molecule has 0 N–H and O–H groups in total. The van der Waals surface area contributed by atoms with E-state index < -0.39 is 0 Å². The highest BCUT2D eigenvalue weighted by Crippen LogP contribution is 2.17. The summed E-state index contributed by atoms with van der Waals surface area (Å²) in [5.74, 6) is 1.02. The summed E-state index contributed by atoms with van der Waals surface area (Å²) in [5, 5.41) is 0. The molecule has 100 valence electrons. The number of carbonyl (C=O) groups is 1. The Bertz CT molecular complexity index is 434. The Morgan fingerprint density at radius 2 is 2.22 bits per heavy atom. The molecule has 0 radical (unpaired) electrons. The Morgan fingerprint density at radius 1 is 1.56 bits per heavy atom. The number of hydrogen-bond acceptors (Lipinski definition) is 4. The maximum Gasteiger partial charge on any atom is 0.341 e. The summed E-state index contributed by atoms with van der Waals surface area (Å²) < 4.78 is 10.3. The Labute approximate surface area is 108 Å². The zero-order valence-corrected chi connectivity index (χ0v) is 11.6. The van der Waals surface area contributed by atoms with Crippen LogP contribution in [0.5, 0.6) is 0 Å². The number of rotatable bonds is 6. The van der Waals surface area contributed by atoms with Gasteiger partial charge in [0, 0.05) is 6.54 Å². The topological polar surface area (TPSA) is 42.7 Å². The van der Waals surface area contributed by atoms with Gasteiger partial charge in [0.1, 0.15) is 17.1 Å². The molecule has 0 unspecified atom stereocenters. The fraction of sp³-hybridized carbons (Fsp3) is 0.500. The maximum absolute atomic E-state index is 11.5. The number of hydrogen-bond donors (Lipinski definition) is 0. The molecule has 0 bridgehead atoms. The molecular weight excluding hydrogens is 230 g/mol. The highest BCUT2D eigenvalue weighted by Gasteiger charge is 2.16. The monoisotopic (exact) mass is 251 g/mol. The van der Waals surface area contributed by atoms with Crippen LogP contribution < -0.4 is 0 Å². The smallest absolute Gasteiger partial charge is 0.341 e. The molecule has 0 amide bonds. The highest BCUT2D eigenvalue weighted by molar-refractivity contribution is 5.90. The van der Waals surface area contributed by atoms with Crippen molar-refractivity contribution in [3.05, 3.63) is 35.3 Å². The van der Waals surface area contributed by atoms with E-state index in [4.69, 9.17) is 9.15 Å². The number of aryl methyl sites for hydroxylation is 1. The first-order valence-electron chi connectivity index (χ1n) is 6.02. The van der Waals surface area contributed by atoms with E-state index in [0.717, 1.165) is 24.4 Å². The lowest BCUT2D eigenvalue weighted by molar-refractivity contribution is 0.0599. The van der Waals surface area contributed by atoms with Crippen LogP contribution in [0.2, 0.25) is 0 Å². The van der Waals surface area contributed by atoms with Crippen LogP contribution >= 0.6 is 0 Å². The van der Waals surface area contributed by atoms with Gasteiger partial charge in [-0.25, -0.2) is 4.79 Å². The summed E-state index contributed by atoms with van der Waals surface area (Å²) in [6.07, 6.45) is 0. The first kappa shape index (κ1) is 14.5. The molecule has 4 nitrogen and oxygen atoms in total. The molecule has 1 heterocycles. The van der Waals surface area contributed by atoms with Crippen molar-refractivity contribution in [2.75, 3.05) is 20.2 Å². The molecule has 0 aliphatic carbocycles. The number of carbonyl (C=O) groups excluding carboxylic acids is 1. The molecule has 1 aromatic rings. The lowest BCUT2D eigenvalue weighted by Crippen LogP contribution is -2.24. The lowest BCUT2D eigenvalue weighted by atomic mass is 10.2. The summed E-state index contributed by atoms with van der Waals surface area (Å²) >= 11 is 0. The number of ether oxygens (including phenoxy) is 1. The summed E-state index contributed by atoms with van der Waals surface area (Å²) in [5.41, 5.74) is 1.60. The van der Waals surface area contributed by atoms with Crippen molar-refractivity contribution >= 4 is 5.97 Å². The normalized spacial score (nSPS) is 10.7. The zero-order valence-electron chi connectivity index (χ0n) is 11.6. The van der Waals surface area contributed by atoms with Crippen molar-refractivity contribution in [1.29, 1.82) is 0 Å². The van der Waals surface area contributed by atoms with E-state index in [1.807, 2.05) is 6.92 Å². The van der Waals surface area contributed by atoms with Gasteiger partial charge in [-0.15, -0.1) is 0 Å². The van der Waals surface area contributed by atoms with Crippen molar-refractivity contribution in [2.24, 2.45) is 0 Å². The Balaban J connectivity index is 2.78. The van der Waals surface area contributed by atoms with Crippen LogP contribution in [0.1, 0.15) is 35.7 Å². The second kappa shape index (κ2) is 6.40. The molecule has 0 aliphatic heterocycles. The van der Waals surface area contributed by atoms with Crippen LogP contribution in [0, 0.1) is 6.92 Å². The Kier molecular flexibility index (Phi) is 5.16. The molecule has 0 saturated carbocycles. The van der Waals surface area contributed by atoms with Gasteiger partial charge in [0.2, 0.25) is 0 Å². The van der Waals surface area contributed by atoms with Gasteiger partial charge in [-0.2, -0.15) is 0 Å². The second-order valence-electron chi connectivity index (χ2n) is 4.43. The minimum Gasteiger partial charge on any atom is -0.465 e. The van der Waals surface area contributed by atoms with Gasteiger partial charge >= 0.3 is 5.97 Å². The van der Waals surface area contributed by atoms with E-state index in [9.17, 15) is 4.79 Å². The molecule has 4 heteroatoms. The number of nitrogens with zero attached hydrogens (tertiary/aromatic N) is 1. The van der Waals surface area contributed by atoms with Crippen LogP contribution in [-0.2, 0) is 11.3 Å². The van der Waals surface area contributed by atoms with Gasteiger partial charge in [-0.05, 0) is 26.5 Å². The summed E-state index contributed by atoms with van der Waals surface area (Å²) in [6.45, 7) is 12.1. The quantitative estimate of drug-likeness (QED) is 0.576. The van der Waals surface area contributed by atoms with Crippen molar-refractivity contribution in [3.63, 3.8) is 0 Å². The van der Waals surface area contributed by atoms with Crippen LogP contribution in [-0.4, -0.2) is 31.1 Å². The first-order valence-corrected chi connectivity index (χ1v) is 6.02. The van der Waals surface area contributed by atoms with Crippen LogP contribution in [0.4, 0.5) is 0 Å². The van der Waals surface area contributed by atoms with Crippen molar-refractivity contribution in [3.8, 4) is 0 Å². The molecule has 0 fully saturated rings. The third-order valence-electron chi connectivity index (χ3n) is 2.69. The largest absolute Gasteiger partial charge is 0.465 e. The molecule has 0 saturated heterocycles. The van der Waals surface area contributed by atoms with Gasteiger partial charge < -0.3 is 9.15 Å². The third-order valence-corrected chi connectivity index (χ3v) is 2.69. The summed E-state index contributed by atoms with van der Waals surface area (Å²) in [7, 11) is 1.37. The van der Waals surface area contributed by atoms with Crippen molar-refractivity contribution in [1.82, 2.24) is 4.90 Å². The molecule has 0 spiro atoms. The number of furan rings is 1. The van der Waals surface area contributed by atoms with Gasteiger partial charge in [-0.1, -0.05) is 19.1 Å². The van der Waals surface area contributed by atoms with Gasteiger partial charge in [0.15, 0.2) is 0 Å². The minimum absolute atomic E-state index is 0.356. The van der Waals surface area contributed by atoms with Crippen molar-refractivity contribution in [2.45, 2.75) is 27.3 Å². The van der Waals surface area contributed by atoms with E-state index >= 15 is 0 Å². The molecule has 1 rings (SSSR count). The molecule has 0 atom stereocenters. The van der Waals surface area contributed by atoms with Crippen molar-refractivity contribution < 1.29 is 13.9 Å². The fourth-order valence-corrected chi connectivity index (χ4v) is 1.82. The average molecular weight is 251 g/mol. The van der Waals surface area contributed by atoms with E-state index in [1.165, 1.54) is 7.11 Å². The van der Waals surface area contributed by atoms with E-state index in [-0.39, 0.29) is 5.97 Å². The number of esters is 1. The summed E-state index contributed by atoms with van der Waals surface area (Å²) in [6, 6.07) is 1.75. The number of likely N-dealkylation sites (N-methyl/N-ethyl adjacent to an activating group) is 1. The average Bonchev–Trinajstić information content (AvgIpc) is 2.67. The van der Waals surface area contributed by atoms with Crippen LogP contribution in [0.3, 0.4) is 0 Å². The Morgan fingerprint density at radius 3 is 2.72 bits per heavy atom. The van der Waals surface area contributed by atoms with Crippen LogP contribution in [0.25, 0.3) is 0 Å². The molecule has 0 aromatic carbocycles. The predicted molar refractivity (Wildman–Crippen MR) is 70.5 cm³/mol. The fourth-order valence-electron chi connectivity index (χ4n) is 1.82. The van der Waals surface area contributed by atoms with E-state index in [1.54, 1.807) is 13.0 Å². The molecular formula is C14H21NO3. The number of methoxy groups -OCH3 is 1. The molecule has 0 aliphatic rings. The summed E-state index contributed by atoms with van der Waals surface area (Å²) in [4.78, 5) is 13.7. The van der Waals surface area contributed by atoms with Gasteiger partial charge in [-0.3, -0.25) is 4.90 Å². The standard InChI is InChI=1S/C14H21NO3/c1-6-15(8-10(2)3)9-12-7-13(11(4)18-12)14(16)17-5/h7H,2,6,8-9H2,1,3-5H3. The van der Waals surface area contributed by atoms with E-state index in [0.29, 0.717) is 17.9 Å². The third kappa shape index (κ3) is 3.74. The SMILES string of the molecule is C=C(C)CN(CC)Cc1cc(C(=O)OC)c(C)o1. The highest BCUT2D eigenvalue weighted by atomic mass is 16.5. The van der Waals surface area contributed by atoms with Crippen LogP contribution in [0.15, 0.2) is 22.6 Å². The maximum atomic E-state index is 11.5. The molecule has 18 heavy (non-hydrogen) atoms. The lowest BCUT2D eigenvalue weighted by Gasteiger charge is -2.18. The molecule has 1 aromatic heterocycles. The van der Waals surface area contributed by atoms with E-state index in [2.05, 4.69) is 18.4 Å². The van der Waals surface area contributed by atoms with Gasteiger partial charge in [0.25, 0.3) is 0 Å². The first-order chi connectivity index (χ1) is 8.47. The zero-order chi connectivity index (χ0) is 13.7. The minimum atomic E-state index is -0.356. The Hall–Kier alpha value is -1.55. The van der Waals surface area contributed by atoms with Gasteiger partial charge in [0.05, 0.1) is 13.7 Å². The second-order valence-corrected chi connectivity index (χ2v) is 4.43. The predicted octanol–water partition coefficient (Wildman–Crippen LogP) is 2.77.